The number of aromatic nitrogens is 3. The number of fused-ring (bicyclic) bond motifs is 1. The molecule has 1 fully saturated rings. The zero-order chi connectivity index (χ0) is 18.6. The van der Waals surface area contributed by atoms with E-state index in [0.29, 0.717) is 13.2 Å². The molecular formula is C21H24N4O2. The second-order valence-electron chi connectivity index (χ2n) is 6.97. The third-order valence-electron chi connectivity index (χ3n) is 5.21. The zero-order valence-electron chi connectivity index (χ0n) is 15.5. The standard InChI is InChI=1S/C21H24N4O2/c1-27-13-12-24-11-9-23-20(24)18-5-3-10-25(15-18)21(26)17-6-7-19-16(14-17)4-2-8-22-19/h2,4,6-9,11,14,18H,3,5,10,12-13,15H2,1H3/t18-/m1/s1. The molecule has 4 rings (SSSR count). The summed E-state index contributed by atoms with van der Waals surface area (Å²) in [5, 5.41) is 0.993. The van der Waals surface area contributed by atoms with Gasteiger partial charge in [-0.05, 0) is 37.1 Å². The monoisotopic (exact) mass is 364 g/mol. The van der Waals surface area contributed by atoms with Gasteiger partial charge in [0.15, 0.2) is 0 Å². The van der Waals surface area contributed by atoms with E-state index in [1.54, 1.807) is 13.3 Å². The summed E-state index contributed by atoms with van der Waals surface area (Å²) in [6, 6.07) is 9.62. The van der Waals surface area contributed by atoms with E-state index in [4.69, 9.17) is 4.74 Å². The van der Waals surface area contributed by atoms with Crippen LogP contribution in [0.15, 0.2) is 48.9 Å². The summed E-state index contributed by atoms with van der Waals surface area (Å²) in [6.07, 6.45) is 7.64. The lowest BCUT2D eigenvalue weighted by atomic mass is 9.96. The Morgan fingerprint density at radius 3 is 3.07 bits per heavy atom. The van der Waals surface area contributed by atoms with Crippen LogP contribution in [0.4, 0.5) is 0 Å². The van der Waals surface area contributed by atoms with Gasteiger partial charge < -0.3 is 14.2 Å². The molecule has 1 aromatic carbocycles. The lowest BCUT2D eigenvalue weighted by molar-refractivity contribution is 0.0702. The van der Waals surface area contributed by atoms with Gasteiger partial charge in [0.25, 0.3) is 5.91 Å². The fourth-order valence-corrected chi connectivity index (χ4v) is 3.82. The molecule has 1 aliphatic rings. The van der Waals surface area contributed by atoms with E-state index < -0.39 is 0 Å². The van der Waals surface area contributed by atoms with Crippen LogP contribution in [-0.4, -0.2) is 52.1 Å². The zero-order valence-corrected chi connectivity index (χ0v) is 15.5. The van der Waals surface area contributed by atoms with Crippen molar-refractivity contribution in [3.63, 3.8) is 0 Å². The SMILES string of the molecule is COCCn1ccnc1[C@@H]1CCCN(C(=O)c2ccc3ncccc3c2)C1. The number of likely N-dealkylation sites (tertiary alicyclic amines) is 1. The van der Waals surface area contributed by atoms with Crippen molar-refractivity contribution >= 4 is 16.8 Å². The Morgan fingerprint density at radius 1 is 1.26 bits per heavy atom. The number of methoxy groups -OCH3 is 1. The van der Waals surface area contributed by atoms with E-state index >= 15 is 0 Å². The minimum atomic E-state index is 0.0838. The predicted octanol–water partition coefficient (Wildman–Crippen LogP) is 3.10. The first kappa shape index (κ1) is 17.7. The number of ether oxygens (including phenoxy) is 1. The third kappa shape index (κ3) is 3.71. The van der Waals surface area contributed by atoms with Gasteiger partial charge in [-0.15, -0.1) is 0 Å². The molecule has 0 bridgehead atoms. The fourth-order valence-electron chi connectivity index (χ4n) is 3.82. The molecule has 140 valence electrons. The minimum Gasteiger partial charge on any atom is -0.383 e. The number of hydrogen-bond acceptors (Lipinski definition) is 4. The Bertz CT molecular complexity index is 937. The average Bonchev–Trinajstić information content (AvgIpc) is 3.20. The van der Waals surface area contributed by atoms with Crippen molar-refractivity contribution < 1.29 is 9.53 Å². The van der Waals surface area contributed by atoms with Gasteiger partial charge in [0.1, 0.15) is 5.82 Å². The van der Waals surface area contributed by atoms with Crippen LogP contribution in [0.3, 0.4) is 0 Å². The molecule has 0 saturated carbocycles. The topological polar surface area (TPSA) is 60.2 Å². The van der Waals surface area contributed by atoms with Crippen LogP contribution in [0.5, 0.6) is 0 Å². The van der Waals surface area contributed by atoms with E-state index in [1.807, 2.05) is 47.6 Å². The number of carbonyl (C=O) groups excluding carboxylic acids is 1. The van der Waals surface area contributed by atoms with Crippen LogP contribution in [-0.2, 0) is 11.3 Å². The maximum absolute atomic E-state index is 13.1. The van der Waals surface area contributed by atoms with Gasteiger partial charge in [0.05, 0.1) is 12.1 Å². The summed E-state index contributed by atoms with van der Waals surface area (Å²) >= 11 is 0. The van der Waals surface area contributed by atoms with Gasteiger partial charge in [-0.1, -0.05) is 6.07 Å². The van der Waals surface area contributed by atoms with Crippen LogP contribution in [0.1, 0.15) is 34.9 Å². The van der Waals surface area contributed by atoms with Gasteiger partial charge in [0.2, 0.25) is 0 Å². The summed E-state index contributed by atoms with van der Waals surface area (Å²) in [7, 11) is 1.71. The van der Waals surface area contributed by atoms with Crippen molar-refractivity contribution in [2.24, 2.45) is 0 Å². The van der Waals surface area contributed by atoms with Gasteiger partial charge in [0, 0.05) is 62.2 Å². The van der Waals surface area contributed by atoms with Gasteiger partial charge in [-0.3, -0.25) is 9.78 Å². The van der Waals surface area contributed by atoms with Crippen molar-refractivity contribution in [3.8, 4) is 0 Å². The molecule has 0 radical (unpaired) electrons. The molecule has 2 aromatic heterocycles. The first-order chi connectivity index (χ1) is 13.3. The quantitative estimate of drug-likeness (QED) is 0.698. The molecule has 1 aliphatic heterocycles. The Kier molecular flexibility index (Phi) is 5.16. The van der Waals surface area contributed by atoms with Crippen LogP contribution in [0, 0.1) is 0 Å². The van der Waals surface area contributed by atoms with Gasteiger partial charge in [-0.25, -0.2) is 4.98 Å². The Hall–Kier alpha value is -2.73. The van der Waals surface area contributed by atoms with E-state index in [9.17, 15) is 4.79 Å². The molecule has 0 unspecified atom stereocenters. The summed E-state index contributed by atoms with van der Waals surface area (Å²) in [6.45, 7) is 2.94. The molecule has 0 N–H and O–H groups in total. The predicted molar refractivity (Wildman–Crippen MR) is 104 cm³/mol. The maximum Gasteiger partial charge on any atom is 0.253 e. The fraction of sp³-hybridized carbons (Fsp3) is 0.381. The summed E-state index contributed by atoms with van der Waals surface area (Å²) in [4.78, 5) is 23.9. The highest BCUT2D eigenvalue weighted by atomic mass is 16.5. The molecule has 3 heterocycles. The lowest BCUT2D eigenvalue weighted by Gasteiger charge is -2.33. The Balaban J connectivity index is 1.52. The van der Waals surface area contributed by atoms with E-state index in [0.717, 1.165) is 48.2 Å². The highest BCUT2D eigenvalue weighted by Gasteiger charge is 2.28. The smallest absolute Gasteiger partial charge is 0.253 e. The van der Waals surface area contributed by atoms with Crippen LogP contribution < -0.4 is 0 Å². The minimum absolute atomic E-state index is 0.0838. The van der Waals surface area contributed by atoms with Crippen LogP contribution >= 0.6 is 0 Å². The molecule has 6 nitrogen and oxygen atoms in total. The molecular weight excluding hydrogens is 340 g/mol. The van der Waals surface area contributed by atoms with Crippen molar-refractivity contribution in [1.29, 1.82) is 0 Å². The van der Waals surface area contributed by atoms with Crippen molar-refractivity contribution in [1.82, 2.24) is 19.4 Å². The molecule has 1 saturated heterocycles. The van der Waals surface area contributed by atoms with Crippen molar-refractivity contribution in [3.05, 3.63) is 60.3 Å². The van der Waals surface area contributed by atoms with Crippen LogP contribution in [0.25, 0.3) is 10.9 Å². The Labute approximate surface area is 158 Å². The molecule has 3 aromatic rings. The molecule has 1 amide bonds. The first-order valence-corrected chi connectivity index (χ1v) is 9.40. The number of benzene rings is 1. The second-order valence-corrected chi connectivity index (χ2v) is 6.97. The van der Waals surface area contributed by atoms with Crippen LogP contribution in [0.2, 0.25) is 0 Å². The average molecular weight is 364 g/mol. The number of amides is 1. The number of carbonyl (C=O) groups is 1. The molecule has 1 atom stereocenters. The first-order valence-electron chi connectivity index (χ1n) is 9.40. The van der Waals surface area contributed by atoms with Gasteiger partial charge in [-0.2, -0.15) is 0 Å². The maximum atomic E-state index is 13.1. The number of rotatable bonds is 5. The molecule has 0 aliphatic carbocycles. The van der Waals surface area contributed by atoms with E-state index in [-0.39, 0.29) is 11.8 Å². The highest BCUT2D eigenvalue weighted by Crippen LogP contribution is 2.27. The summed E-state index contributed by atoms with van der Waals surface area (Å²) < 4.78 is 7.33. The largest absolute Gasteiger partial charge is 0.383 e. The summed E-state index contributed by atoms with van der Waals surface area (Å²) in [5.41, 5.74) is 1.63. The normalized spacial score (nSPS) is 17.4. The number of hydrogen-bond donors (Lipinski definition) is 0. The van der Waals surface area contributed by atoms with Crippen molar-refractivity contribution in [2.45, 2.75) is 25.3 Å². The molecule has 27 heavy (non-hydrogen) atoms. The Morgan fingerprint density at radius 2 is 2.19 bits per heavy atom. The molecule has 6 heteroatoms. The van der Waals surface area contributed by atoms with E-state index in [2.05, 4.69) is 14.5 Å². The second kappa shape index (κ2) is 7.88. The number of nitrogens with zero attached hydrogens (tertiary/aromatic N) is 4. The van der Waals surface area contributed by atoms with Crippen molar-refractivity contribution in [2.75, 3.05) is 26.8 Å². The number of piperidine rings is 1. The lowest BCUT2D eigenvalue weighted by Crippen LogP contribution is -2.39. The molecule has 0 spiro atoms. The van der Waals surface area contributed by atoms with Gasteiger partial charge >= 0.3 is 0 Å². The van der Waals surface area contributed by atoms with E-state index in [1.165, 1.54) is 0 Å². The third-order valence-corrected chi connectivity index (χ3v) is 5.21. The number of pyridine rings is 1. The highest BCUT2D eigenvalue weighted by molar-refractivity contribution is 5.98. The number of imidazole rings is 1. The summed E-state index contributed by atoms with van der Waals surface area (Å²) in [5.74, 6) is 1.39.